The molecular weight excluding hydrogens is 635 g/mol. The van der Waals surface area contributed by atoms with Crippen LogP contribution in [0.4, 0.5) is 4.39 Å². The van der Waals surface area contributed by atoms with Gasteiger partial charge in [-0.15, -0.1) is 0 Å². The van der Waals surface area contributed by atoms with Gasteiger partial charge in [0.1, 0.15) is 67.0 Å². The summed E-state index contributed by atoms with van der Waals surface area (Å²) in [5.41, 5.74) is 0.705. The van der Waals surface area contributed by atoms with E-state index in [0.717, 1.165) is 6.92 Å². The first-order chi connectivity index (χ1) is 22.4. The van der Waals surface area contributed by atoms with Gasteiger partial charge in [-0.1, -0.05) is 30.3 Å². The number of aliphatic hydroxyl groups is 7. The lowest BCUT2D eigenvalue weighted by molar-refractivity contribution is -0.346. The van der Waals surface area contributed by atoms with Gasteiger partial charge < -0.3 is 74.8 Å². The first-order valence-corrected chi connectivity index (χ1v) is 15.1. The Balaban J connectivity index is 1.61. The predicted molar refractivity (Wildman–Crippen MR) is 152 cm³/mol. The van der Waals surface area contributed by atoms with E-state index in [9.17, 15) is 49.7 Å². The molecule has 0 saturated carbocycles. The van der Waals surface area contributed by atoms with Crippen LogP contribution in [-0.4, -0.2) is 159 Å². The Labute approximate surface area is 269 Å². The van der Waals surface area contributed by atoms with Crippen LogP contribution in [0.25, 0.3) is 0 Å². The highest BCUT2D eigenvalue weighted by Gasteiger charge is 2.53. The number of rotatable bonds is 12. The van der Waals surface area contributed by atoms with Crippen molar-refractivity contribution in [2.24, 2.45) is 0 Å². The standard InChI is InChI=1S/C29H43FN2O15/c1-12(35)31-19-25(41)22(38)16(9-34)44-27(19)43-11-17-23(39)26(47-29-24(40)18(30)21(37)15(8-33)45-29)20(32-13(2)36)28(46-17)42-10-14-6-4-3-5-7-14/h3-7,15-29,33-34,37-41H,8-11H2,1-2H3,(H,31,35)(H,32,36)/t15-,16-,17-,18+,19-,20-,21+,22-,23+,24-,25-,26-,27-,28+,29+/m1/s1. The average molecular weight is 679 g/mol. The number of amides is 2. The Morgan fingerprint density at radius 3 is 1.89 bits per heavy atom. The molecule has 4 rings (SSSR count). The lowest BCUT2D eigenvalue weighted by Gasteiger charge is -2.48. The molecule has 3 aliphatic heterocycles. The first kappa shape index (κ1) is 37.4. The summed E-state index contributed by atoms with van der Waals surface area (Å²) in [5, 5.41) is 77.2. The van der Waals surface area contributed by atoms with Gasteiger partial charge >= 0.3 is 0 Å². The number of hydrogen-bond acceptors (Lipinski definition) is 15. The molecule has 1 aromatic carbocycles. The minimum Gasteiger partial charge on any atom is -0.394 e. The fourth-order valence-corrected chi connectivity index (χ4v) is 5.61. The second-order valence-corrected chi connectivity index (χ2v) is 11.6. The highest BCUT2D eigenvalue weighted by atomic mass is 19.1. The maximum absolute atomic E-state index is 14.8. The van der Waals surface area contributed by atoms with Crippen LogP contribution < -0.4 is 10.6 Å². The number of alkyl halides is 1. The van der Waals surface area contributed by atoms with Crippen LogP contribution in [0.1, 0.15) is 19.4 Å². The molecule has 0 radical (unpaired) electrons. The SMILES string of the molecule is CC(=O)N[C@H]1[C@H](OC[C@H]2O[C@H](OCc3ccccc3)[C@H](NC(C)=O)[C@@H](O[C@@H]3O[C@H](CO)[C@H](O)[C@H](F)[C@H]3O)[C@H]2O)O[C@H](CO)[C@@H](O)[C@@H]1O. The van der Waals surface area contributed by atoms with E-state index in [0.29, 0.717) is 5.56 Å². The number of benzene rings is 1. The summed E-state index contributed by atoms with van der Waals surface area (Å²) < 4.78 is 49.4. The summed E-state index contributed by atoms with van der Waals surface area (Å²) in [4.78, 5) is 24.1. The van der Waals surface area contributed by atoms with Gasteiger partial charge in [0.25, 0.3) is 0 Å². The molecule has 0 aliphatic carbocycles. The largest absolute Gasteiger partial charge is 0.394 e. The molecule has 0 aromatic heterocycles. The van der Waals surface area contributed by atoms with Crippen molar-refractivity contribution in [3.63, 3.8) is 0 Å². The Hall–Kier alpha value is -2.43. The van der Waals surface area contributed by atoms with Crippen molar-refractivity contribution in [3.8, 4) is 0 Å². The average Bonchev–Trinajstić information content (AvgIpc) is 3.04. The van der Waals surface area contributed by atoms with E-state index in [2.05, 4.69) is 10.6 Å². The van der Waals surface area contributed by atoms with Gasteiger partial charge in [0.05, 0.1) is 26.4 Å². The van der Waals surface area contributed by atoms with Crippen molar-refractivity contribution in [2.75, 3.05) is 19.8 Å². The molecule has 18 heteroatoms. The van der Waals surface area contributed by atoms with E-state index in [1.807, 2.05) is 0 Å². The smallest absolute Gasteiger partial charge is 0.217 e. The highest BCUT2D eigenvalue weighted by Crippen LogP contribution is 2.32. The number of hydrogen-bond donors (Lipinski definition) is 9. The lowest BCUT2D eigenvalue weighted by Crippen LogP contribution is -2.68. The van der Waals surface area contributed by atoms with Crippen LogP contribution in [0.5, 0.6) is 0 Å². The zero-order chi connectivity index (χ0) is 34.4. The zero-order valence-corrected chi connectivity index (χ0v) is 25.6. The molecule has 0 bridgehead atoms. The van der Waals surface area contributed by atoms with Crippen LogP contribution >= 0.6 is 0 Å². The monoisotopic (exact) mass is 678 g/mol. The van der Waals surface area contributed by atoms with E-state index in [1.54, 1.807) is 30.3 Å². The molecule has 1 aromatic rings. The number of carbonyl (C=O) groups excluding carboxylic acids is 2. The molecule has 3 fully saturated rings. The summed E-state index contributed by atoms with van der Waals surface area (Å²) in [6, 6.07) is 6.21. The fraction of sp³-hybridized carbons (Fsp3) is 0.724. The second-order valence-electron chi connectivity index (χ2n) is 11.6. The minimum absolute atomic E-state index is 0.0511. The maximum Gasteiger partial charge on any atom is 0.217 e. The van der Waals surface area contributed by atoms with Crippen molar-refractivity contribution in [3.05, 3.63) is 35.9 Å². The lowest BCUT2D eigenvalue weighted by atomic mass is 9.95. The van der Waals surface area contributed by atoms with Crippen LogP contribution in [-0.2, 0) is 44.6 Å². The second kappa shape index (κ2) is 16.8. The van der Waals surface area contributed by atoms with Crippen molar-refractivity contribution in [1.82, 2.24) is 10.6 Å². The van der Waals surface area contributed by atoms with E-state index < -0.39 is 124 Å². The quantitative estimate of drug-likeness (QED) is 0.102. The topological polar surface area (TPSA) is 255 Å². The molecule has 3 aliphatic rings. The molecule has 0 unspecified atom stereocenters. The van der Waals surface area contributed by atoms with Gasteiger partial charge in [-0.05, 0) is 5.56 Å². The van der Waals surface area contributed by atoms with Gasteiger partial charge in [-0.3, -0.25) is 9.59 Å². The van der Waals surface area contributed by atoms with E-state index in [-0.39, 0.29) is 6.61 Å². The number of nitrogens with one attached hydrogen (secondary N) is 2. The van der Waals surface area contributed by atoms with Gasteiger partial charge in [-0.2, -0.15) is 0 Å². The Bertz CT molecular complexity index is 1150. The van der Waals surface area contributed by atoms with Crippen LogP contribution in [0.15, 0.2) is 30.3 Å². The summed E-state index contributed by atoms with van der Waals surface area (Å²) in [5.74, 6) is -1.20. The van der Waals surface area contributed by atoms with Crippen molar-refractivity contribution < 1.29 is 78.1 Å². The Kier molecular flexibility index (Phi) is 13.4. The van der Waals surface area contributed by atoms with Crippen LogP contribution in [0.3, 0.4) is 0 Å². The van der Waals surface area contributed by atoms with Gasteiger partial charge in [0.2, 0.25) is 11.8 Å². The number of halogens is 1. The molecule has 266 valence electrons. The minimum atomic E-state index is -2.30. The van der Waals surface area contributed by atoms with Crippen molar-refractivity contribution >= 4 is 11.8 Å². The summed E-state index contributed by atoms with van der Waals surface area (Å²) >= 11 is 0. The van der Waals surface area contributed by atoms with Crippen LogP contribution in [0, 0.1) is 0 Å². The van der Waals surface area contributed by atoms with E-state index >= 15 is 0 Å². The fourth-order valence-electron chi connectivity index (χ4n) is 5.61. The molecule has 2 amide bonds. The molecule has 15 atom stereocenters. The molecule has 0 spiro atoms. The molecule has 9 N–H and O–H groups in total. The molecule has 17 nitrogen and oxygen atoms in total. The maximum atomic E-state index is 14.8. The third-order valence-corrected chi connectivity index (χ3v) is 8.07. The van der Waals surface area contributed by atoms with Gasteiger partial charge in [0.15, 0.2) is 25.0 Å². The summed E-state index contributed by atoms with van der Waals surface area (Å²) in [6.07, 6.45) is -21.6. The normalized spacial score (nSPS) is 40.9. The highest BCUT2D eigenvalue weighted by molar-refractivity contribution is 5.73. The number of carbonyl (C=O) groups is 2. The van der Waals surface area contributed by atoms with E-state index in [1.165, 1.54) is 6.92 Å². The van der Waals surface area contributed by atoms with Gasteiger partial charge in [0, 0.05) is 13.8 Å². The number of ether oxygens (including phenoxy) is 6. The molecule has 3 saturated heterocycles. The zero-order valence-electron chi connectivity index (χ0n) is 25.6. The van der Waals surface area contributed by atoms with Gasteiger partial charge in [-0.25, -0.2) is 4.39 Å². The Morgan fingerprint density at radius 1 is 0.723 bits per heavy atom. The van der Waals surface area contributed by atoms with E-state index in [4.69, 9.17) is 28.4 Å². The Morgan fingerprint density at radius 2 is 1.28 bits per heavy atom. The molecular formula is C29H43FN2O15. The first-order valence-electron chi connectivity index (χ1n) is 15.1. The molecule has 3 heterocycles. The van der Waals surface area contributed by atoms with Crippen molar-refractivity contribution in [1.29, 1.82) is 0 Å². The summed E-state index contributed by atoms with van der Waals surface area (Å²) in [6.45, 7) is 0.188. The third-order valence-electron chi connectivity index (χ3n) is 8.07. The van der Waals surface area contributed by atoms with Crippen LogP contribution in [0.2, 0.25) is 0 Å². The predicted octanol–water partition coefficient (Wildman–Crippen LogP) is -4.08. The third kappa shape index (κ3) is 8.98. The molecule has 47 heavy (non-hydrogen) atoms. The number of aliphatic hydroxyl groups excluding tert-OH is 7. The van der Waals surface area contributed by atoms with Crippen molar-refractivity contribution in [2.45, 2.75) is 113 Å². The summed E-state index contributed by atoms with van der Waals surface area (Å²) in [7, 11) is 0.